The maximum atomic E-state index is 12.2. The topological polar surface area (TPSA) is 72.9 Å². The molecule has 3 aromatic rings. The van der Waals surface area contributed by atoms with Crippen molar-refractivity contribution in [1.29, 1.82) is 0 Å². The summed E-state index contributed by atoms with van der Waals surface area (Å²) in [5, 5.41) is 2.86. The molecule has 2 heterocycles. The number of aromatic nitrogens is 1. The second-order valence-electron chi connectivity index (χ2n) is 7.17. The van der Waals surface area contributed by atoms with E-state index in [4.69, 9.17) is 14.2 Å². The van der Waals surface area contributed by atoms with E-state index < -0.39 is 0 Å². The smallest absolute Gasteiger partial charge is 0.238 e. The first-order valence-corrected chi connectivity index (χ1v) is 10.3. The van der Waals surface area contributed by atoms with Crippen molar-refractivity contribution in [3.8, 4) is 17.4 Å². The zero-order chi connectivity index (χ0) is 21.3. The van der Waals surface area contributed by atoms with Gasteiger partial charge in [-0.05, 0) is 35.9 Å². The lowest BCUT2D eigenvalue weighted by Gasteiger charge is -2.25. The zero-order valence-electron chi connectivity index (χ0n) is 17.2. The molecule has 7 nitrogen and oxygen atoms in total. The standard InChI is InChI=1S/C24H25N3O4/c28-23(17-27-12-14-29-15-13-27)26-20-6-11-24(25-16-20)31-22-9-7-21(8-10-22)30-18-19-4-2-1-3-5-19/h1-11,16H,12-15,17-18H2,(H,26,28). The predicted molar refractivity (Wildman–Crippen MR) is 117 cm³/mol. The van der Waals surface area contributed by atoms with Gasteiger partial charge in [-0.2, -0.15) is 0 Å². The van der Waals surface area contributed by atoms with Crippen LogP contribution in [0.25, 0.3) is 0 Å². The molecule has 1 aliphatic heterocycles. The number of carbonyl (C=O) groups excluding carboxylic acids is 1. The van der Waals surface area contributed by atoms with Crippen LogP contribution in [0.5, 0.6) is 17.4 Å². The van der Waals surface area contributed by atoms with Gasteiger partial charge < -0.3 is 19.5 Å². The van der Waals surface area contributed by atoms with E-state index in [0.717, 1.165) is 24.4 Å². The fourth-order valence-corrected chi connectivity index (χ4v) is 3.14. The van der Waals surface area contributed by atoms with Crippen LogP contribution in [0.3, 0.4) is 0 Å². The molecule has 31 heavy (non-hydrogen) atoms. The Balaban J connectivity index is 1.25. The number of rotatable bonds is 8. The third-order valence-electron chi connectivity index (χ3n) is 4.79. The summed E-state index contributed by atoms with van der Waals surface area (Å²) < 4.78 is 16.9. The van der Waals surface area contributed by atoms with Crippen molar-refractivity contribution in [2.75, 3.05) is 38.2 Å². The van der Waals surface area contributed by atoms with Crippen molar-refractivity contribution >= 4 is 11.6 Å². The molecule has 1 aromatic heterocycles. The number of hydrogen-bond donors (Lipinski definition) is 1. The van der Waals surface area contributed by atoms with Gasteiger partial charge >= 0.3 is 0 Å². The summed E-state index contributed by atoms with van der Waals surface area (Å²) in [4.78, 5) is 18.5. The Bertz CT molecular complexity index is 956. The van der Waals surface area contributed by atoms with Crippen LogP contribution < -0.4 is 14.8 Å². The van der Waals surface area contributed by atoms with Crippen molar-refractivity contribution in [3.05, 3.63) is 78.5 Å². The van der Waals surface area contributed by atoms with E-state index >= 15 is 0 Å². The minimum atomic E-state index is -0.0662. The molecule has 1 saturated heterocycles. The van der Waals surface area contributed by atoms with Crippen LogP contribution in [0.4, 0.5) is 5.69 Å². The van der Waals surface area contributed by atoms with Crippen LogP contribution in [0.2, 0.25) is 0 Å². The molecule has 2 aromatic carbocycles. The average molecular weight is 419 g/mol. The first-order valence-electron chi connectivity index (χ1n) is 10.3. The number of anilines is 1. The molecule has 0 unspecified atom stereocenters. The summed E-state index contributed by atoms with van der Waals surface area (Å²) >= 11 is 0. The summed E-state index contributed by atoms with van der Waals surface area (Å²) in [6, 6.07) is 20.9. The van der Waals surface area contributed by atoms with Gasteiger partial charge in [0, 0.05) is 19.2 Å². The lowest BCUT2D eigenvalue weighted by molar-refractivity contribution is -0.118. The highest BCUT2D eigenvalue weighted by atomic mass is 16.5. The van der Waals surface area contributed by atoms with Crippen LogP contribution in [-0.2, 0) is 16.1 Å². The van der Waals surface area contributed by atoms with Crippen molar-refractivity contribution in [3.63, 3.8) is 0 Å². The predicted octanol–water partition coefficient (Wildman–Crippen LogP) is 3.72. The monoisotopic (exact) mass is 419 g/mol. The molecule has 0 radical (unpaired) electrons. The highest BCUT2D eigenvalue weighted by Gasteiger charge is 2.14. The summed E-state index contributed by atoms with van der Waals surface area (Å²) in [5.74, 6) is 1.80. The minimum Gasteiger partial charge on any atom is -0.489 e. The number of amides is 1. The lowest BCUT2D eigenvalue weighted by atomic mass is 10.2. The number of ether oxygens (including phenoxy) is 3. The fourth-order valence-electron chi connectivity index (χ4n) is 3.14. The third-order valence-corrected chi connectivity index (χ3v) is 4.79. The molecule has 1 amide bonds. The molecule has 4 rings (SSSR count). The molecule has 1 aliphatic rings. The number of hydrogen-bond acceptors (Lipinski definition) is 6. The Morgan fingerprint density at radius 3 is 2.42 bits per heavy atom. The Morgan fingerprint density at radius 2 is 1.71 bits per heavy atom. The second kappa shape index (κ2) is 10.6. The van der Waals surface area contributed by atoms with E-state index in [1.165, 1.54) is 0 Å². The fraction of sp³-hybridized carbons (Fsp3) is 0.250. The second-order valence-corrected chi connectivity index (χ2v) is 7.17. The van der Waals surface area contributed by atoms with E-state index in [1.807, 2.05) is 54.6 Å². The van der Waals surface area contributed by atoms with Crippen LogP contribution >= 0.6 is 0 Å². The molecular formula is C24H25N3O4. The van der Waals surface area contributed by atoms with Gasteiger partial charge in [-0.25, -0.2) is 4.98 Å². The SMILES string of the molecule is O=C(CN1CCOCC1)Nc1ccc(Oc2ccc(OCc3ccccc3)cc2)nc1. The Labute approximate surface area is 181 Å². The number of benzene rings is 2. The highest BCUT2D eigenvalue weighted by Crippen LogP contribution is 2.23. The quantitative estimate of drug-likeness (QED) is 0.600. The molecule has 7 heteroatoms. The van der Waals surface area contributed by atoms with Gasteiger partial charge in [0.1, 0.15) is 18.1 Å². The van der Waals surface area contributed by atoms with Gasteiger partial charge in [-0.15, -0.1) is 0 Å². The third kappa shape index (κ3) is 6.53. The number of nitrogens with one attached hydrogen (secondary N) is 1. The molecule has 0 atom stereocenters. The van der Waals surface area contributed by atoms with E-state index in [2.05, 4.69) is 15.2 Å². The number of nitrogens with zero attached hydrogens (tertiary/aromatic N) is 2. The first-order chi connectivity index (χ1) is 15.2. The van der Waals surface area contributed by atoms with Gasteiger partial charge in [0.2, 0.25) is 11.8 Å². The molecular weight excluding hydrogens is 394 g/mol. The summed E-state index contributed by atoms with van der Waals surface area (Å²) in [6.45, 7) is 3.74. The summed E-state index contributed by atoms with van der Waals surface area (Å²) in [7, 11) is 0. The van der Waals surface area contributed by atoms with Crippen LogP contribution in [-0.4, -0.2) is 48.6 Å². The first kappa shape index (κ1) is 20.8. The van der Waals surface area contributed by atoms with Gasteiger partial charge in [0.25, 0.3) is 0 Å². The number of carbonyl (C=O) groups is 1. The Hall–Kier alpha value is -3.42. The molecule has 1 N–H and O–H groups in total. The van der Waals surface area contributed by atoms with E-state index in [0.29, 0.717) is 43.7 Å². The largest absolute Gasteiger partial charge is 0.489 e. The minimum absolute atomic E-state index is 0.0662. The Morgan fingerprint density at radius 1 is 0.968 bits per heavy atom. The normalized spacial score (nSPS) is 14.1. The van der Waals surface area contributed by atoms with E-state index in [-0.39, 0.29) is 5.91 Å². The van der Waals surface area contributed by atoms with E-state index in [9.17, 15) is 4.79 Å². The molecule has 0 spiro atoms. The van der Waals surface area contributed by atoms with Gasteiger partial charge in [0.05, 0.1) is 31.6 Å². The average Bonchev–Trinajstić information content (AvgIpc) is 2.81. The highest BCUT2D eigenvalue weighted by molar-refractivity contribution is 5.92. The molecule has 160 valence electrons. The molecule has 0 saturated carbocycles. The zero-order valence-corrected chi connectivity index (χ0v) is 17.2. The maximum Gasteiger partial charge on any atom is 0.238 e. The molecule has 0 bridgehead atoms. The summed E-state index contributed by atoms with van der Waals surface area (Å²) in [6.07, 6.45) is 1.59. The number of pyridine rings is 1. The molecule has 0 aliphatic carbocycles. The van der Waals surface area contributed by atoms with Gasteiger partial charge in [-0.1, -0.05) is 30.3 Å². The van der Waals surface area contributed by atoms with Crippen LogP contribution in [0.1, 0.15) is 5.56 Å². The molecule has 1 fully saturated rings. The Kier molecular flexibility index (Phi) is 7.10. The maximum absolute atomic E-state index is 12.2. The lowest BCUT2D eigenvalue weighted by Crippen LogP contribution is -2.41. The van der Waals surface area contributed by atoms with Crippen molar-refractivity contribution in [2.45, 2.75) is 6.61 Å². The van der Waals surface area contributed by atoms with E-state index in [1.54, 1.807) is 18.3 Å². The van der Waals surface area contributed by atoms with Crippen LogP contribution in [0, 0.1) is 0 Å². The van der Waals surface area contributed by atoms with Crippen molar-refractivity contribution in [2.24, 2.45) is 0 Å². The number of morpholine rings is 1. The van der Waals surface area contributed by atoms with Crippen LogP contribution in [0.15, 0.2) is 72.9 Å². The van der Waals surface area contributed by atoms with Gasteiger partial charge in [0.15, 0.2) is 0 Å². The summed E-state index contributed by atoms with van der Waals surface area (Å²) in [5.41, 5.74) is 1.75. The van der Waals surface area contributed by atoms with Crippen molar-refractivity contribution < 1.29 is 19.0 Å². The van der Waals surface area contributed by atoms with Crippen molar-refractivity contribution in [1.82, 2.24) is 9.88 Å². The van der Waals surface area contributed by atoms with Gasteiger partial charge in [-0.3, -0.25) is 9.69 Å².